The van der Waals surface area contributed by atoms with Crippen molar-refractivity contribution in [2.24, 2.45) is 0 Å². The third-order valence-electron chi connectivity index (χ3n) is 2.57. The van der Waals surface area contributed by atoms with Gasteiger partial charge in [-0.2, -0.15) is 5.06 Å². The van der Waals surface area contributed by atoms with E-state index in [4.69, 9.17) is 4.84 Å². The SMILES string of the molecule is CCCNc1nc2[nH]ccc2c(N(C)OC)[nH+]1. The predicted octanol–water partition coefficient (Wildman–Crippen LogP) is 1.20. The molecule has 2 rings (SSSR count). The summed E-state index contributed by atoms with van der Waals surface area (Å²) in [4.78, 5) is 16.0. The molecule has 3 N–H and O–H groups in total. The van der Waals surface area contributed by atoms with Crippen molar-refractivity contribution in [3.63, 3.8) is 0 Å². The van der Waals surface area contributed by atoms with Gasteiger partial charge in [-0.25, -0.2) is 9.82 Å². The van der Waals surface area contributed by atoms with Gasteiger partial charge in [0.1, 0.15) is 0 Å². The molecule has 0 saturated heterocycles. The predicted molar refractivity (Wildman–Crippen MR) is 66.8 cm³/mol. The summed E-state index contributed by atoms with van der Waals surface area (Å²) in [5, 5.41) is 5.90. The number of fused-ring (bicyclic) bond motifs is 1. The van der Waals surface area contributed by atoms with Gasteiger partial charge in [-0.05, 0) is 12.5 Å². The van der Waals surface area contributed by atoms with E-state index in [2.05, 4.69) is 27.2 Å². The quantitative estimate of drug-likeness (QED) is 0.765. The maximum absolute atomic E-state index is 5.21. The molecule has 0 unspecified atom stereocenters. The number of hydroxylamine groups is 1. The van der Waals surface area contributed by atoms with Crippen LogP contribution in [0.5, 0.6) is 0 Å². The Morgan fingerprint density at radius 1 is 1.59 bits per heavy atom. The van der Waals surface area contributed by atoms with Gasteiger partial charge < -0.3 is 4.98 Å². The van der Waals surface area contributed by atoms with E-state index in [0.29, 0.717) is 0 Å². The molecule has 0 fully saturated rings. The number of nitrogens with one attached hydrogen (secondary N) is 3. The van der Waals surface area contributed by atoms with E-state index >= 15 is 0 Å². The van der Waals surface area contributed by atoms with Crippen LogP contribution in [0.2, 0.25) is 0 Å². The molecule has 0 aromatic carbocycles. The van der Waals surface area contributed by atoms with E-state index in [1.165, 1.54) is 0 Å². The second-order valence-corrected chi connectivity index (χ2v) is 3.78. The first-order chi connectivity index (χ1) is 8.26. The largest absolute Gasteiger partial charge is 0.347 e. The molecule has 92 valence electrons. The molecule has 2 aromatic rings. The minimum Gasteiger partial charge on any atom is -0.336 e. The molecule has 0 aliphatic carbocycles. The molecule has 0 bridgehead atoms. The molecule has 0 aliphatic heterocycles. The smallest absolute Gasteiger partial charge is 0.336 e. The Morgan fingerprint density at radius 3 is 3.12 bits per heavy atom. The van der Waals surface area contributed by atoms with E-state index in [1.807, 2.05) is 19.3 Å². The molecule has 2 aromatic heterocycles. The van der Waals surface area contributed by atoms with Gasteiger partial charge in [0.2, 0.25) is 11.5 Å². The number of nitrogens with zero attached hydrogens (tertiary/aromatic N) is 2. The summed E-state index contributed by atoms with van der Waals surface area (Å²) in [6, 6.07) is 1.97. The van der Waals surface area contributed by atoms with Crippen LogP contribution in [0, 0.1) is 0 Å². The molecule has 0 saturated carbocycles. The first kappa shape index (κ1) is 11.7. The van der Waals surface area contributed by atoms with Crippen LogP contribution in [0.3, 0.4) is 0 Å². The second-order valence-electron chi connectivity index (χ2n) is 3.78. The van der Waals surface area contributed by atoms with Gasteiger partial charge in [-0.1, -0.05) is 11.9 Å². The van der Waals surface area contributed by atoms with Crippen LogP contribution in [0.4, 0.5) is 11.8 Å². The standard InChI is InChI=1S/C11H17N5O/c1-4-6-13-11-14-9-8(5-7-12-9)10(15-11)16(2)17-3/h5,7H,4,6H2,1-3H3,(H2,12,13,14,15)/p+1. The Kier molecular flexibility index (Phi) is 3.43. The summed E-state index contributed by atoms with van der Waals surface area (Å²) in [6.45, 7) is 2.99. The average molecular weight is 236 g/mol. The van der Waals surface area contributed by atoms with Crippen molar-refractivity contribution >= 4 is 22.8 Å². The minimum atomic E-state index is 0.737. The molecule has 0 atom stereocenters. The molecule has 6 nitrogen and oxygen atoms in total. The highest BCUT2D eigenvalue weighted by molar-refractivity contribution is 5.85. The Morgan fingerprint density at radius 2 is 2.41 bits per heavy atom. The van der Waals surface area contributed by atoms with Gasteiger partial charge in [-0.3, -0.25) is 5.32 Å². The van der Waals surface area contributed by atoms with Crippen molar-refractivity contribution in [3.8, 4) is 0 Å². The van der Waals surface area contributed by atoms with Crippen LogP contribution >= 0.6 is 0 Å². The van der Waals surface area contributed by atoms with Gasteiger partial charge in [0.25, 0.3) is 0 Å². The maximum Gasteiger partial charge on any atom is 0.347 e. The van der Waals surface area contributed by atoms with Crippen LogP contribution in [-0.2, 0) is 4.84 Å². The van der Waals surface area contributed by atoms with Gasteiger partial charge in [0, 0.05) is 6.20 Å². The number of anilines is 2. The number of aromatic amines is 2. The van der Waals surface area contributed by atoms with Gasteiger partial charge in [0.05, 0.1) is 26.1 Å². The van der Waals surface area contributed by atoms with Crippen LogP contribution in [-0.4, -0.2) is 30.7 Å². The second kappa shape index (κ2) is 5.01. The fourth-order valence-electron chi connectivity index (χ4n) is 1.63. The summed E-state index contributed by atoms with van der Waals surface area (Å²) in [5.41, 5.74) is 0.834. The summed E-state index contributed by atoms with van der Waals surface area (Å²) in [7, 11) is 3.48. The van der Waals surface area contributed by atoms with E-state index < -0.39 is 0 Å². The van der Waals surface area contributed by atoms with Crippen LogP contribution in [0.25, 0.3) is 11.0 Å². The molecule has 17 heavy (non-hydrogen) atoms. The van der Waals surface area contributed by atoms with Gasteiger partial charge in [0.15, 0.2) is 0 Å². The normalized spacial score (nSPS) is 10.8. The van der Waals surface area contributed by atoms with Crippen molar-refractivity contribution in [3.05, 3.63) is 12.3 Å². The summed E-state index contributed by atoms with van der Waals surface area (Å²) in [5.74, 6) is 1.61. The van der Waals surface area contributed by atoms with Crippen molar-refractivity contribution < 1.29 is 9.82 Å². The zero-order valence-electron chi connectivity index (χ0n) is 10.4. The van der Waals surface area contributed by atoms with Gasteiger partial charge in [-0.15, -0.1) is 0 Å². The molecular weight excluding hydrogens is 218 g/mol. The monoisotopic (exact) mass is 236 g/mol. The van der Waals surface area contributed by atoms with E-state index in [0.717, 1.165) is 35.8 Å². The summed E-state index contributed by atoms with van der Waals surface area (Å²) < 4.78 is 0. The van der Waals surface area contributed by atoms with Crippen molar-refractivity contribution in [1.29, 1.82) is 0 Å². The summed E-state index contributed by atoms with van der Waals surface area (Å²) in [6.07, 6.45) is 2.91. The average Bonchev–Trinajstić information content (AvgIpc) is 2.82. The van der Waals surface area contributed by atoms with Crippen molar-refractivity contribution in [1.82, 2.24) is 9.97 Å². The third kappa shape index (κ3) is 2.31. The van der Waals surface area contributed by atoms with E-state index in [1.54, 1.807) is 12.2 Å². The summed E-state index contributed by atoms with van der Waals surface area (Å²) >= 11 is 0. The zero-order valence-corrected chi connectivity index (χ0v) is 10.4. The van der Waals surface area contributed by atoms with Crippen LogP contribution < -0.4 is 15.4 Å². The highest BCUT2D eigenvalue weighted by Crippen LogP contribution is 2.20. The van der Waals surface area contributed by atoms with Crippen molar-refractivity contribution in [2.45, 2.75) is 13.3 Å². The lowest BCUT2D eigenvalue weighted by atomic mass is 10.4. The molecule has 0 amide bonds. The van der Waals surface area contributed by atoms with E-state index in [9.17, 15) is 0 Å². The highest BCUT2D eigenvalue weighted by atomic mass is 16.7. The van der Waals surface area contributed by atoms with Crippen molar-refractivity contribution in [2.75, 3.05) is 31.1 Å². The third-order valence-corrected chi connectivity index (χ3v) is 2.57. The van der Waals surface area contributed by atoms with Crippen LogP contribution in [0.1, 0.15) is 13.3 Å². The lowest BCUT2D eigenvalue weighted by Crippen LogP contribution is -2.27. The Hall–Kier alpha value is -1.82. The Balaban J connectivity index is 2.43. The van der Waals surface area contributed by atoms with Gasteiger partial charge >= 0.3 is 5.95 Å². The Bertz CT molecular complexity index is 496. The number of H-pyrrole nitrogens is 2. The number of hydrogen-bond donors (Lipinski definition) is 2. The molecule has 0 radical (unpaired) electrons. The lowest BCUT2D eigenvalue weighted by molar-refractivity contribution is -0.353. The van der Waals surface area contributed by atoms with E-state index in [-0.39, 0.29) is 0 Å². The maximum atomic E-state index is 5.21. The Labute approximate surface area is 100.0 Å². The fraction of sp³-hybridized carbons (Fsp3) is 0.455. The highest BCUT2D eigenvalue weighted by Gasteiger charge is 2.17. The van der Waals surface area contributed by atoms with Crippen LogP contribution in [0.15, 0.2) is 12.3 Å². The molecule has 0 spiro atoms. The zero-order chi connectivity index (χ0) is 12.3. The molecular formula is C11H18N5O+. The minimum absolute atomic E-state index is 0.737. The lowest BCUT2D eigenvalue weighted by Gasteiger charge is -2.11. The molecule has 2 heterocycles. The first-order valence-electron chi connectivity index (χ1n) is 5.68. The molecule has 0 aliphatic rings. The number of rotatable bonds is 5. The topological polar surface area (TPSA) is 67.3 Å². The first-order valence-corrected chi connectivity index (χ1v) is 5.68. The fourth-order valence-corrected chi connectivity index (χ4v) is 1.63. The number of aromatic nitrogens is 3. The number of hydrogen-bond acceptors (Lipinski definition) is 4. The molecule has 6 heteroatoms.